The van der Waals surface area contributed by atoms with Gasteiger partial charge in [0, 0.05) is 36.8 Å². The fourth-order valence-electron chi connectivity index (χ4n) is 3.04. The number of nitrogens with zero attached hydrogens (tertiary/aromatic N) is 2. The highest BCUT2D eigenvalue weighted by molar-refractivity contribution is 6.30. The number of piperidine rings is 1. The average Bonchev–Trinajstić information content (AvgIpc) is 2.89. The minimum Gasteiger partial charge on any atom is -0.333 e. The molecule has 1 atom stereocenters. The third kappa shape index (κ3) is 3.35. The van der Waals surface area contributed by atoms with Crippen molar-refractivity contribution in [2.24, 2.45) is 0 Å². The number of halogens is 1. The lowest BCUT2D eigenvalue weighted by Crippen LogP contribution is -2.47. The number of urea groups is 1. The summed E-state index contributed by atoms with van der Waals surface area (Å²) in [5.74, 6) is 0.0336. The molecule has 2 aliphatic rings. The van der Waals surface area contributed by atoms with Gasteiger partial charge in [-0.05, 0) is 43.5 Å². The Bertz CT molecular complexity index is 555. The summed E-state index contributed by atoms with van der Waals surface area (Å²) in [5, 5.41) is 3.63. The largest absolute Gasteiger partial charge is 0.333 e. The Morgan fingerprint density at radius 2 is 1.82 bits per heavy atom. The Morgan fingerprint density at radius 3 is 2.50 bits per heavy atom. The van der Waals surface area contributed by atoms with E-state index in [1.165, 1.54) is 6.42 Å². The number of amides is 3. The molecule has 0 radical (unpaired) electrons. The molecular formula is C16H20ClN3O2. The SMILES string of the molecule is O=C(N[C@H]1CC(=O)N(c2ccc(Cl)cc2)C1)N1CCCCC1. The van der Waals surface area contributed by atoms with E-state index in [4.69, 9.17) is 11.6 Å². The summed E-state index contributed by atoms with van der Waals surface area (Å²) in [6.45, 7) is 2.14. The minimum absolute atomic E-state index is 0.0336. The quantitative estimate of drug-likeness (QED) is 0.910. The molecular weight excluding hydrogens is 302 g/mol. The molecule has 2 heterocycles. The lowest BCUT2D eigenvalue weighted by Gasteiger charge is -2.28. The zero-order chi connectivity index (χ0) is 15.5. The van der Waals surface area contributed by atoms with Gasteiger partial charge in [0.1, 0.15) is 0 Å². The number of anilines is 1. The molecule has 0 aliphatic carbocycles. The smallest absolute Gasteiger partial charge is 0.317 e. The van der Waals surface area contributed by atoms with E-state index in [0.717, 1.165) is 31.6 Å². The highest BCUT2D eigenvalue weighted by atomic mass is 35.5. The molecule has 0 aromatic heterocycles. The molecule has 0 unspecified atom stereocenters. The van der Waals surface area contributed by atoms with Crippen LogP contribution in [-0.4, -0.2) is 42.5 Å². The summed E-state index contributed by atoms with van der Waals surface area (Å²) in [5.41, 5.74) is 0.823. The Balaban J connectivity index is 1.59. The van der Waals surface area contributed by atoms with Gasteiger partial charge >= 0.3 is 6.03 Å². The molecule has 3 amide bonds. The molecule has 1 aromatic carbocycles. The van der Waals surface area contributed by atoms with Crippen molar-refractivity contribution in [1.82, 2.24) is 10.2 Å². The Kier molecular flexibility index (Phi) is 4.52. The number of rotatable bonds is 2. The van der Waals surface area contributed by atoms with Crippen molar-refractivity contribution in [3.05, 3.63) is 29.3 Å². The Morgan fingerprint density at radius 1 is 1.14 bits per heavy atom. The van der Waals surface area contributed by atoms with Gasteiger partial charge in [-0.3, -0.25) is 4.79 Å². The molecule has 5 nitrogen and oxygen atoms in total. The van der Waals surface area contributed by atoms with Gasteiger partial charge < -0.3 is 15.1 Å². The van der Waals surface area contributed by atoms with Crippen molar-refractivity contribution in [2.45, 2.75) is 31.7 Å². The fourth-order valence-corrected chi connectivity index (χ4v) is 3.16. The second-order valence-electron chi connectivity index (χ2n) is 5.88. The molecule has 3 rings (SSSR count). The Hall–Kier alpha value is -1.75. The van der Waals surface area contributed by atoms with Crippen LogP contribution in [0.4, 0.5) is 10.5 Å². The van der Waals surface area contributed by atoms with Gasteiger partial charge in [0.25, 0.3) is 0 Å². The van der Waals surface area contributed by atoms with Crippen LogP contribution in [0.3, 0.4) is 0 Å². The fraction of sp³-hybridized carbons (Fsp3) is 0.500. The number of benzene rings is 1. The van der Waals surface area contributed by atoms with E-state index < -0.39 is 0 Å². The standard InChI is InChI=1S/C16H20ClN3O2/c17-12-4-6-14(7-5-12)20-11-13(10-15(20)21)18-16(22)19-8-2-1-3-9-19/h4-7,13H,1-3,8-11H2,(H,18,22)/t13-/m0/s1. The highest BCUT2D eigenvalue weighted by Gasteiger charge is 2.32. The van der Waals surface area contributed by atoms with Gasteiger partial charge in [0.2, 0.25) is 5.91 Å². The molecule has 22 heavy (non-hydrogen) atoms. The molecule has 2 fully saturated rings. The molecule has 1 aromatic rings. The first kappa shape index (κ1) is 15.2. The van der Waals surface area contributed by atoms with Crippen molar-refractivity contribution >= 4 is 29.2 Å². The monoisotopic (exact) mass is 321 g/mol. The van der Waals surface area contributed by atoms with Crippen molar-refractivity contribution in [2.75, 3.05) is 24.5 Å². The predicted molar refractivity (Wildman–Crippen MR) is 86.2 cm³/mol. The maximum Gasteiger partial charge on any atom is 0.317 e. The Labute approximate surface area is 135 Å². The topological polar surface area (TPSA) is 52.7 Å². The lowest BCUT2D eigenvalue weighted by molar-refractivity contribution is -0.117. The number of carbonyl (C=O) groups excluding carboxylic acids is 2. The average molecular weight is 322 g/mol. The lowest BCUT2D eigenvalue weighted by atomic mass is 10.1. The number of hydrogen-bond donors (Lipinski definition) is 1. The summed E-state index contributed by atoms with van der Waals surface area (Å²) in [6, 6.07) is 7.02. The van der Waals surface area contributed by atoms with E-state index >= 15 is 0 Å². The van der Waals surface area contributed by atoms with Crippen molar-refractivity contribution in [1.29, 1.82) is 0 Å². The maximum absolute atomic E-state index is 12.2. The number of likely N-dealkylation sites (tertiary alicyclic amines) is 1. The van der Waals surface area contributed by atoms with E-state index in [9.17, 15) is 9.59 Å². The molecule has 2 aliphatic heterocycles. The van der Waals surface area contributed by atoms with Crippen LogP contribution < -0.4 is 10.2 Å². The van der Waals surface area contributed by atoms with Gasteiger partial charge in [-0.15, -0.1) is 0 Å². The molecule has 2 saturated heterocycles. The van der Waals surface area contributed by atoms with Crippen LogP contribution in [0.2, 0.25) is 5.02 Å². The number of carbonyl (C=O) groups is 2. The summed E-state index contributed by atoms with van der Waals surface area (Å²) in [7, 11) is 0. The molecule has 118 valence electrons. The minimum atomic E-state index is -0.127. The van der Waals surface area contributed by atoms with Crippen LogP contribution in [-0.2, 0) is 4.79 Å². The first-order valence-corrected chi connectivity index (χ1v) is 8.12. The third-order valence-electron chi connectivity index (χ3n) is 4.23. The number of nitrogens with one attached hydrogen (secondary N) is 1. The second kappa shape index (κ2) is 6.57. The van der Waals surface area contributed by atoms with Crippen molar-refractivity contribution in [3.8, 4) is 0 Å². The molecule has 0 saturated carbocycles. The van der Waals surface area contributed by atoms with Crippen LogP contribution in [0.15, 0.2) is 24.3 Å². The molecule has 6 heteroatoms. The van der Waals surface area contributed by atoms with E-state index in [2.05, 4.69) is 5.32 Å². The zero-order valence-corrected chi connectivity index (χ0v) is 13.2. The van der Waals surface area contributed by atoms with Crippen LogP contribution in [0.25, 0.3) is 0 Å². The van der Waals surface area contributed by atoms with E-state index in [1.807, 2.05) is 17.0 Å². The summed E-state index contributed by atoms with van der Waals surface area (Å²) < 4.78 is 0. The van der Waals surface area contributed by atoms with Gasteiger partial charge in [0.15, 0.2) is 0 Å². The normalized spacial score (nSPS) is 22.0. The van der Waals surface area contributed by atoms with Crippen LogP contribution in [0, 0.1) is 0 Å². The summed E-state index contributed by atoms with van der Waals surface area (Å²) in [4.78, 5) is 27.9. The van der Waals surface area contributed by atoms with Gasteiger partial charge in [-0.2, -0.15) is 0 Å². The third-order valence-corrected chi connectivity index (χ3v) is 4.49. The van der Waals surface area contributed by atoms with Gasteiger partial charge in [-0.25, -0.2) is 4.79 Å². The maximum atomic E-state index is 12.2. The summed E-state index contributed by atoms with van der Waals surface area (Å²) in [6.07, 6.45) is 3.67. The van der Waals surface area contributed by atoms with Gasteiger partial charge in [0.05, 0.1) is 6.04 Å². The summed E-state index contributed by atoms with van der Waals surface area (Å²) >= 11 is 5.87. The van der Waals surface area contributed by atoms with E-state index in [0.29, 0.717) is 18.0 Å². The molecule has 0 spiro atoms. The van der Waals surface area contributed by atoms with Gasteiger partial charge in [-0.1, -0.05) is 11.6 Å². The van der Waals surface area contributed by atoms with Crippen LogP contribution >= 0.6 is 11.6 Å². The highest BCUT2D eigenvalue weighted by Crippen LogP contribution is 2.23. The van der Waals surface area contributed by atoms with Crippen LogP contribution in [0.1, 0.15) is 25.7 Å². The molecule has 0 bridgehead atoms. The second-order valence-corrected chi connectivity index (χ2v) is 6.32. The van der Waals surface area contributed by atoms with E-state index in [1.54, 1.807) is 17.0 Å². The number of hydrogen-bond acceptors (Lipinski definition) is 2. The predicted octanol–water partition coefficient (Wildman–Crippen LogP) is 2.64. The first-order valence-electron chi connectivity index (χ1n) is 7.75. The molecule has 1 N–H and O–H groups in total. The van der Waals surface area contributed by atoms with Crippen molar-refractivity contribution < 1.29 is 9.59 Å². The zero-order valence-electron chi connectivity index (χ0n) is 12.4. The van der Waals surface area contributed by atoms with E-state index in [-0.39, 0.29) is 18.0 Å². The first-order chi connectivity index (χ1) is 10.6. The van der Waals surface area contributed by atoms with Crippen LogP contribution in [0.5, 0.6) is 0 Å². The van der Waals surface area contributed by atoms with Crippen molar-refractivity contribution in [3.63, 3.8) is 0 Å².